The highest BCUT2D eigenvalue weighted by Gasteiger charge is 2.23. The van der Waals surface area contributed by atoms with E-state index in [0.717, 1.165) is 32.2 Å². The molecule has 17 heavy (non-hydrogen) atoms. The van der Waals surface area contributed by atoms with Crippen LogP contribution in [0.15, 0.2) is 0 Å². The van der Waals surface area contributed by atoms with Gasteiger partial charge in [0.15, 0.2) is 0 Å². The summed E-state index contributed by atoms with van der Waals surface area (Å²) in [6.45, 7) is 14.3. The molecule has 3 nitrogen and oxygen atoms in total. The van der Waals surface area contributed by atoms with Crippen molar-refractivity contribution in [2.24, 2.45) is 5.92 Å². The van der Waals surface area contributed by atoms with Gasteiger partial charge in [0.2, 0.25) is 0 Å². The standard InChI is InChI=1S/C14H30N2O/c1-5-17-14-7-6-8-16(11-14)13(4)10-15-9-12(2)3/h12-15H,5-11H2,1-4H3. The van der Waals surface area contributed by atoms with Gasteiger partial charge in [0.25, 0.3) is 0 Å². The van der Waals surface area contributed by atoms with Gasteiger partial charge in [-0.05, 0) is 45.7 Å². The lowest BCUT2D eigenvalue weighted by Crippen LogP contribution is -2.48. The number of nitrogens with zero attached hydrogens (tertiary/aromatic N) is 1. The molecule has 0 bridgehead atoms. The molecule has 2 unspecified atom stereocenters. The van der Waals surface area contributed by atoms with Crippen LogP contribution in [0, 0.1) is 5.92 Å². The maximum absolute atomic E-state index is 5.74. The van der Waals surface area contributed by atoms with E-state index in [1.807, 2.05) is 0 Å². The first-order chi connectivity index (χ1) is 8.13. The first-order valence-corrected chi connectivity index (χ1v) is 7.19. The Morgan fingerprint density at radius 3 is 2.71 bits per heavy atom. The average molecular weight is 242 g/mol. The summed E-state index contributed by atoms with van der Waals surface area (Å²) in [5, 5.41) is 3.55. The number of hydrogen-bond acceptors (Lipinski definition) is 3. The van der Waals surface area contributed by atoms with Crippen LogP contribution in [0.4, 0.5) is 0 Å². The quantitative estimate of drug-likeness (QED) is 0.740. The molecule has 1 aliphatic heterocycles. The zero-order valence-corrected chi connectivity index (χ0v) is 12.0. The van der Waals surface area contributed by atoms with E-state index in [-0.39, 0.29) is 0 Å². The minimum absolute atomic E-state index is 0.460. The molecule has 1 rings (SSSR count). The second kappa shape index (κ2) is 8.06. The Morgan fingerprint density at radius 2 is 2.06 bits per heavy atom. The molecule has 0 aromatic rings. The van der Waals surface area contributed by atoms with Crippen molar-refractivity contribution in [2.45, 2.75) is 52.7 Å². The number of piperidine rings is 1. The Balaban J connectivity index is 2.23. The third-order valence-electron chi connectivity index (χ3n) is 3.43. The molecule has 0 aromatic carbocycles. The fraction of sp³-hybridized carbons (Fsp3) is 1.00. The molecule has 0 radical (unpaired) electrons. The summed E-state index contributed by atoms with van der Waals surface area (Å²) in [6.07, 6.45) is 2.97. The van der Waals surface area contributed by atoms with E-state index in [1.165, 1.54) is 19.4 Å². The van der Waals surface area contributed by atoms with Crippen LogP contribution in [0.1, 0.15) is 40.5 Å². The van der Waals surface area contributed by atoms with Crippen LogP contribution >= 0.6 is 0 Å². The number of likely N-dealkylation sites (tertiary alicyclic amines) is 1. The largest absolute Gasteiger partial charge is 0.377 e. The van der Waals surface area contributed by atoms with Gasteiger partial charge in [0.1, 0.15) is 0 Å². The molecule has 1 heterocycles. The van der Waals surface area contributed by atoms with Gasteiger partial charge in [-0.3, -0.25) is 4.90 Å². The Bertz CT molecular complexity index is 195. The zero-order chi connectivity index (χ0) is 12.7. The van der Waals surface area contributed by atoms with Crippen LogP contribution in [-0.4, -0.2) is 49.8 Å². The number of hydrogen-bond donors (Lipinski definition) is 1. The number of rotatable bonds is 7. The van der Waals surface area contributed by atoms with Crippen LogP contribution in [0.5, 0.6) is 0 Å². The molecule has 0 aromatic heterocycles. The molecule has 0 spiro atoms. The van der Waals surface area contributed by atoms with Crippen molar-refractivity contribution < 1.29 is 4.74 Å². The Hall–Kier alpha value is -0.120. The van der Waals surface area contributed by atoms with Crippen molar-refractivity contribution in [2.75, 3.05) is 32.8 Å². The molecule has 1 N–H and O–H groups in total. The lowest BCUT2D eigenvalue weighted by molar-refractivity contribution is -0.00490. The molecule has 1 fully saturated rings. The van der Waals surface area contributed by atoms with E-state index >= 15 is 0 Å². The number of ether oxygens (including phenoxy) is 1. The van der Waals surface area contributed by atoms with Gasteiger partial charge in [-0.1, -0.05) is 13.8 Å². The SMILES string of the molecule is CCOC1CCCN(C(C)CNCC(C)C)C1. The van der Waals surface area contributed by atoms with Crippen LogP contribution in [0.25, 0.3) is 0 Å². The van der Waals surface area contributed by atoms with Crippen molar-refractivity contribution in [3.63, 3.8) is 0 Å². The fourth-order valence-corrected chi connectivity index (χ4v) is 2.45. The minimum atomic E-state index is 0.460. The van der Waals surface area contributed by atoms with Crippen molar-refractivity contribution in [1.29, 1.82) is 0 Å². The topological polar surface area (TPSA) is 24.5 Å². The summed E-state index contributed by atoms with van der Waals surface area (Å²) < 4.78 is 5.74. The van der Waals surface area contributed by atoms with E-state index in [4.69, 9.17) is 4.74 Å². The highest BCUT2D eigenvalue weighted by atomic mass is 16.5. The monoisotopic (exact) mass is 242 g/mol. The lowest BCUT2D eigenvalue weighted by Gasteiger charge is -2.36. The Morgan fingerprint density at radius 1 is 1.29 bits per heavy atom. The summed E-state index contributed by atoms with van der Waals surface area (Å²) in [5.41, 5.74) is 0. The molecule has 1 aliphatic rings. The summed E-state index contributed by atoms with van der Waals surface area (Å²) in [4.78, 5) is 2.57. The molecule has 0 amide bonds. The molecule has 102 valence electrons. The van der Waals surface area contributed by atoms with Crippen molar-refractivity contribution in [1.82, 2.24) is 10.2 Å². The van der Waals surface area contributed by atoms with Crippen LogP contribution in [-0.2, 0) is 4.74 Å². The Labute approximate surface area is 107 Å². The van der Waals surface area contributed by atoms with Crippen molar-refractivity contribution in [3.05, 3.63) is 0 Å². The van der Waals surface area contributed by atoms with Crippen LogP contribution < -0.4 is 5.32 Å². The number of nitrogens with one attached hydrogen (secondary N) is 1. The molecule has 3 heteroatoms. The third kappa shape index (κ3) is 5.84. The van der Waals surface area contributed by atoms with Gasteiger partial charge in [0.05, 0.1) is 6.10 Å². The summed E-state index contributed by atoms with van der Waals surface area (Å²) in [6, 6.07) is 0.622. The maximum Gasteiger partial charge on any atom is 0.0702 e. The van der Waals surface area contributed by atoms with Crippen molar-refractivity contribution in [3.8, 4) is 0 Å². The average Bonchev–Trinajstić information content (AvgIpc) is 2.29. The van der Waals surface area contributed by atoms with Gasteiger partial charge in [-0.2, -0.15) is 0 Å². The van der Waals surface area contributed by atoms with Gasteiger partial charge < -0.3 is 10.1 Å². The van der Waals surface area contributed by atoms with E-state index in [2.05, 4.69) is 37.9 Å². The van der Waals surface area contributed by atoms with Gasteiger partial charge >= 0.3 is 0 Å². The zero-order valence-electron chi connectivity index (χ0n) is 12.0. The molecule has 0 aliphatic carbocycles. The van der Waals surface area contributed by atoms with Crippen molar-refractivity contribution >= 4 is 0 Å². The maximum atomic E-state index is 5.74. The van der Waals surface area contributed by atoms with E-state index in [1.54, 1.807) is 0 Å². The predicted octanol–water partition coefficient (Wildman–Crippen LogP) is 2.12. The molecular formula is C14H30N2O. The van der Waals surface area contributed by atoms with E-state index < -0.39 is 0 Å². The van der Waals surface area contributed by atoms with Gasteiger partial charge in [-0.15, -0.1) is 0 Å². The van der Waals surface area contributed by atoms with E-state index in [9.17, 15) is 0 Å². The highest BCUT2D eigenvalue weighted by molar-refractivity contribution is 4.78. The normalized spacial score (nSPS) is 24.2. The third-order valence-corrected chi connectivity index (χ3v) is 3.43. The summed E-state index contributed by atoms with van der Waals surface area (Å²) in [5.74, 6) is 0.736. The van der Waals surface area contributed by atoms with Crippen LogP contribution in [0.2, 0.25) is 0 Å². The molecule has 0 saturated carbocycles. The minimum Gasteiger partial charge on any atom is -0.377 e. The molecule has 1 saturated heterocycles. The van der Waals surface area contributed by atoms with Crippen LogP contribution in [0.3, 0.4) is 0 Å². The first-order valence-electron chi connectivity index (χ1n) is 7.19. The van der Waals surface area contributed by atoms with E-state index in [0.29, 0.717) is 12.1 Å². The highest BCUT2D eigenvalue weighted by Crippen LogP contribution is 2.15. The smallest absolute Gasteiger partial charge is 0.0702 e. The summed E-state index contributed by atoms with van der Waals surface area (Å²) >= 11 is 0. The molecule has 2 atom stereocenters. The van der Waals surface area contributed by atoms with Gasteiger partial charge in [-0.25, -0.2) is 0 Å². The predicted molar refractivity (Wildman–Crippen MR) is 73.4 cm³/mol. The van der Waals surface area contributed by atoms with Gasteiger partial charge in [0, 0.05) is 25.7 Å². The Kier molecular flexibility index (Phi) is 7.09. The second-order valence-electron chi connectivity index (χ2n) is 5.62. The molecular weight excluding hydrogens is 212 g/mol. The lowest BCUT2D eigenvalue weighted by atomic mass is 10.1. The fourth-order valence-electron chi connectivity index (χ4n) is 2.45. The summed E-state index contributed by atoms with van der Waals surface area (Å²) in [7, 11) is 0. The first kappa shape index (κ1) is 14.9. The second-order valence-corrected chi connectivity index (χ2v) is 5.62.